The number of allylic oxidation sites excluding steroid dienone is 2. The molecule has 0 heterocycles. The summed E-state index contributed by atoms with van der Waals surface area (Å²) >= 11 is 0. The molecule has 0 nitrogen and oxygen atoms in total. The van der Waals surface area contributed by atoms with Gasteiger partial charge >= 0.3 is 0 Å². The first-order valence-corrected chi connectivity index (χ1v) is 6.50. The normalized spacial score (nSPS) is 12.3. The molecule has 0 aromatic carbocycles. The number of rotatable bonds is 5. The minimum Gasteiger partial charge on any atom is -0.106 e. The van der Waals surface area contributed by atoms with Gasteiger partial charge < -0.3 is 0 Å². The maximum Gasteiger partial charge on any atom is 0.151 e. The van der Waals surface area contributed by atoms with Crippen molar-refractivity contribution in [3.63, 3.8) is 0 Å². The van der Waals surface area contributed by atoms with E-state index in [-0.39, 0.29) is 0 Å². The van der Waals surface area contributed by atoms with Crippen LogP contribution in [0.15, 0.2) is 48.1 Å². The fourth-order valence-electron chi connectivity index (χ4n) is 1.40. The predicted octanol–water partition coefficient (Wildman–Crippen LogP) is 3.51. The lowest BCUT2D eigenvalue weighted by Gasteiger charge is -2.22. The van der Waals surface area contributed by atoms with Crippen LogP contribution in [-0.4, -0.2) is 8.07 Å². The molecule has 0 saturated carbocycles. The van der Waals surface area contributed by atoms with Crippen LogP contribution in [0.2, 0.25) is 0 Å². The molecule has 0 aliphatic rings. The molecule has 0 N–H and O–H groups in total. The molecule has 0 aromatic heterocycles. The van der Waals surface area contributed by atoms with Crippen LogP contribution < -0.4 is 0 Å². The summed E-state index contributed by atoms with van der Waals surface area (Å²) in [5.74, 6) is 0. The van der Waals surface area contributed by atoms with Crippen LogP contribution in [0, 0.1) is 0 Å². The standard InChI is InChI=1S/C11H18Si/c1-6-11(7-2)12(8-3,9-4)10-5/h6,8-10H,3-5,7H2,1-2H3/b11-6+. The molecule has 0 aromatic rings. The van der Waals surface area contributed by atoms with Crippen LogP contribution in [0.1, 0.15) is 20.3 Å². The molecular formula is C11H18Si. The van der Waals surface area contributed by atoms with E-state index < -0.39 is 8.07 Å². The van der Waals surface area contributed by atoms with Crippen molar-refractivity contribution in [2.24, 2.45) is 0 Å². The van der Waals surface area contributed by atoms with E-state index in [2.05, 4.69) is 39.7 Å². The first-order valence-electron chi connectivity index (χ1n) is 4.27. The van der Waals surface area contributed by atoms with Gasteiger partial charge in [-0.3, -0.25) is 0 Å². The molecule has 0 unspecified atom stereocenters. The molecular weight excluding hydrogens is 160 g/mol. The summed E-state index contributed by atoms with van der Waals surface area (Å²) in [6.07, 6.45) is 3.23. The lowest BCUT2D eigenvalue weighted by Crippen LogP contribution is -2.30. The second kappa shape index (κ2) is 4.94. The Hall–Kier alpha value is -0.823. The van der Waals surface area contributed by atoms with Crippen LogP contribution in [0.3, 0.4) is 0 Å². The van der Waals surface area contributed by atoms with Crippen LogP contribution in [0.5, 0.6) is 0 Å². The van der Waals surface area contributed by atoms with Crippen LogP contribution in [-0.2, 0) is 0 Å². The van der Waals surface area contributed by atoms with E-state index in [1.54, 1.807) is 0 Å². The number of hydrogen-bond acceptors (Lipinski definition) is 0. The molecule has 0 fully saturated rings. The molecule has 0 aliphatic heterocycles. The van der Waals surface area contributed by atoms with Gasteiger partial charge in [0.1, 0.15) is 0 Å². The topological polar surface area (TPSA) is 0 Å². The van der Waals surface area contributed by atoms with Crippen molar-refractivity contribution in [1.82, 2.24) is 0 Å². The largest absolute Gasteiger partial charge is 0.151 e. The molecule has 66 valence electrons. The molecule has 0 bridgehead atoms. The highest BCUT2D eigenvalue weighted by atomic mass is 28.3. The highest BCUT2D eigenvalue weighted by Crippen LogP contribution is 2.21. The van der Waals surface area contributed by atoms with Crippen LogP contribution in [0.25, 0.3) is 0 Å². The van der Waals surface area contributed by atoms with Crippen LogP contribution in [0.4, 0.5) is 0 Å². The second-order valence-electron chi connectivity index (χ2n) is 2.71. The second-order valence-corrected chi connectivity index (χ2v) is 6.45. The molecule has 0 rings (SSSR count). The van der Waals surface area contributed by atoms with Crippen molar-refractivity contribution < 1.29 is 0 Å². The van der Waals surface area contributed by atoms with Crippen molar-refractivity contribution in [2.45, 2.75) is 20.3 Å². The Morgan fingerprint density at radius 1 is 1.17 bits per heavy atom. The zero-order valence-electron chi connectivity index (χ0n) is 8.14. The summed E-state index contributed by atoms with van der Waals surface area (Å²) in [5.41, 5.74) is 6.06. The van der Waals surface area contributed by atoms with E-state index in [4.69, 9.17) is 0 Å². The highest BCUT2D eigenvalue weighted by Gasteiger charge is 2.24. The Morgan fingerprint density at radius 3 is 1.67 bits per heavy atom. The maximum absolute atomic E-state index is 3.87. The fourth-order valence-corrected chi connectivity index (χ4v) is 3.80. The smallest absolute Gasteiger partial charge is 0.106 e. The Kier molecular flexibility index (Phi) is 4.60. The van der Waals surface area contributed by atoms with Gasteiger partial charge in [-0.1, -0.05) is 35.3 Å². The van der Waals surface area contributed by atoms with E-state index in [0.29, 0.717) is 0 Å². The molecule has 0 saturated heterocycles. The third-order valence-corrected chi connectivity index (χ3v) is 6.08. The lowest BCUT2D eigenvalue weighted by molar-refractivity contribution is 1.17. The van der Waals surface area contributed by atoms with Crippen molar-refractivity contribution in [1.29, 1.82) is 0 Å². The summed E-state index contributed by atoms with van der Waals surface area (Å²) < 4.78 is 0. The first-order chi connectivity index (χ1) is 5.70. The lowest BCUT2D eigenvalue weighted by atomic mass is 10.4. The van der Waals surface area contributed by atoms with Gasteiger partial charge in [-0.2, -0.15) is 0 Å². The monoisotopic (exact) mass is 178 g/mol. The molecule has 1 heteroatoms. The molecule has 0 aliphatic carbocycles. The van der Waals surface area contributed by atoms with Crippen LogP contribution >= 0.6 is 0 Å². The van der Waals surface area contributed by atoms with Gasteiger partial charge in [-0.15, -0.1) is 19.7 Å². The Morgan fingerprint density at radius 2 is 1.58 bits per heavy atom. The zero-order valence-corrected chi connectivity index (χ0v) is 9.14. The van der Waals surface area contributed by atoms with E-state index in [0.717, 1.165) is 6.42 Å². The number of hydrogen-bond donors (Lipinski definition) is 0. The van der Waals surface area contributed by atoms with Crippen molar-refractivity contribution >= 4 is 8.07 Å². The summed E-state index contributed by atoms with van der Waals surface area (Å²) in [6, 6.07) is 0. The summed E-state index contributed by atoms with van der Waals surface area (Å²) in [6.45, 7) is 15.8. The molecule has 12 heavy (non-hydrogen) atoms. The van der Waals surface area contributed by atoms with Crippen molar-refractivity contribution in [3.05, 3.63) is 48.1 Å². The minimum absolute atomic E-state index is 1.06. The quantitative estimate of drug-likeness (QED) is 0.565. The van der Waals surface area contributed by atoms with Gasteiger partial charge in [0.05, 0.1) is 0 Å². The zero-order chi connectivity index (χ0) is 9.61. The van der Waals surface area contributed by atoms with Crippen molar-refractivity contribution in [2.75, 3.05) is 0 Å². The van der Waals surface area contributed by atoms with E-state index >= 15 is 0 Å². The fraction of sp³-hybridized carbons (Fsp3) is 0.273. The summed E-state index contributed by atoms with van der Waals surface area (Å²) in [4.78, 5) is 0. The Labute approximate surface area is 77.0 Å². The SMILES string of the molecule is C=C[Si](C=C)(C=C)/C(=C/C)CC. The Balaban J connectivity index is 5.06. The third-order valence-electron chi connectivity index (χ3n) is 2.30. The average Bonchev–Trinajstić information content (AvgIpc) is 2.14. The molecule has 0 spiro atoms. The van der Waals surface area contributed by atoms with Gasteiger partial charge in [0.2, 0.25) is 0 Å². The van der Waals surface area contributed by atoms with E-state index in [1.807, 2.05) is 17.1 Å². The van der Waals surface area contributed by atoms with Gasteiger partial charge in [0.25, 0.3) is 0 Å². The highest BCUT2D eigenvalue weighted by molar-refractivity contribution is 6.98. The van der Waals surface area contributed by atoms with Gasteiger partial charge in [-0.25, -0.2) is 0 Å². The Bertz CT molecular complexity index is 189. The van der Waals surface area contributed by atoms with Gasteiger partial charge in [0, 0.05) is 0 Å². The minimum atomic E-state index is -1.69. The molecule has 0 amide bonds. The van der Waals surface area contributed by atoms with Gasteiger partial charge in [0.15, 0.2) is 8.07 Å². The summed E-state index contributed by atoms with van der Waals surface area (Å²) in [7, 11) is -1.69. The van der Waals surface area contributed by atoms with Crippen molar-refractivity contribution in [3.8, 4) is 0 Å². The summed E-state index contributed by atoms with van der Waals surface area (Å²) in [5, 5.41) is 1.43. The third kappa shape index (κ3) is 1.86. The predicted molar refractivity (Wildman–Crippen MR) is 60.4 cm³/mol. The maximum atomic E-state index is 3.87. The van der Waals surface area contributed by atoms with E-state index in [1.165, 1.54) is 5.20 Å². The molecule has 0 radical (unpaired) electrons. The average molecular weight is 178 g/mol. The molecule has 0 atom stereocenters. The van der Waals surface area contributed by atoms with Gasteiger partial charge in [-0.05, 0) is 13.3 Å². The first kappa shape index (κ1) is 11.2. The van der Waals surface area contributed by atoms with E-state index in [9.17, 15) is 0 Å².